The molecule has 0 bridgehead atoms. The minimum Gasteiger partial charge on any atom is -0.491 e. The number of hydrogen-bond donors (Lipinski definition) is 0. The highest BCUT2D eigenvalue weighted by atomic mass is 35.5. The van der Waals surface area contributed by atoms with Gasteiger partial charge < -0.3 is 4.74 Å². The molecule has 90 valence electrons. The largest absolute Gasteiger partial charge is 0.491 e. The van der Waals surface area contributed by atoms with Gasteiger partial charge in [-0.2, -0.15) is 8.42 Å². The van der Waals surface area contributed by atoms with Gasteiger partial charge in [-0.15, -0.1) is 0 Å². The number of ether oxygens (including phenoxy) is 1. The van der Waals surface area contributed by atoms with Crippen molar-refractivity contribution >= 4 is 21.7 Å². The van der Waals surface area contributed by atoms with Crippen LogP contribution in [0.2, 0.25) is 5.02 Å². The van der Waals surface area contributed by atoms with E-state index in [2.05, 4.69) is 4.18 Å². The van der Waals surface area contributed by atoms with Gasteiger partial charge in [0.2, 0.25) is 0 Å². The van der Waals surface area contributed by atoms with Gasteiger partial charge in [-0.05, 0) is 30.7 Å². The summed E-state index contributed by atoms with van der Waals surface area (Å²) in [5.41, 5.74) is 0.895. The van der Waals surface area contributed by atoms with Crippen molar-refractivity contribution in [1.29, 1.82) is 0 Å². The number of rotatable bonds is 5. The van der Waals surface area contributed by atoms with Crippen LogP contribution in [-0.4, -0.2) is 27.9 Å². The molecule has 0 spiro atoms. The Morgan fingerprint density at radius 2 is 2.00 bits per heavy atom. The summed E-state index contributed by atoms with van der Waals surface area (Å²) in [7, 11) is -3.40. The second-order valence-electron chi connectivity index (χ2n) is 3.28. The first-order valence-electron chi connectivity index (χ1n) is 4.62. The quantitative estimate of drug-likeness (QED) is 0.603. The van der Waals surface area contributed by atoms with Gasteiger partial charge in [0.1, 0.15) is 19.0 Å². The van der Waals surface area contributed by atoms with Crippen molar-refractivity contribution in [2.75, 3.05) is 19.5 Å². The van der Waals surface area contributed by atoms with Gasteiger partial charge in [-0.25, -0.2) is 0 Å². The number of hydrogen-bond acceptors (Lipinski definition) is 4. The molecule has 0 saturated heterocycles. The average Bonchev–Trinajstić information content (AvgIpc) is 2.13. The van der Waals surface area contributed by atoms with E-state index in [4.69, 9.17) is 16.3 Å². The summed E-state index contributed by atoms with van der Waals surface area (Å²) < 4.78 is 31.2. The van der Waals surface area contributed by atoms with Crippen LogP contribution < -0.4 is 4.74 Å². The first-order chi connectivity index (χ1) is 7.38. The zero-order chi connectivity index (χ0) is 12.2. The molecule has 1 aromatic rings. The molecule has 0 unspecified atom stereocenters. The lowest BCUT2D eigenvalue weighted by atomic mass is 10.2. The lowest BCUT2D eigenvalue weighted by Crippen LogP contribution is -2.11. The molecule has 0 amide bonds. The molecular formula is C10H13ClO4S. The van der Waals surface area contributed by atoms with E-state index >= 15 is 0 Å². The summed E-state index contributed by atoms with van der Waals surface area (Å²) in [6.07, 6.45) is 1.00. The molecule has 4 nitrogen and oxygen atoms in total. The van der Waals surface area contributed by atoms with Gasteiger partial charge >= 0.3 is 0 Å². The zero-order valence-corrected chi connectivity index (χ0v) is 10.6. The highest BCUT2D eigenvalue weighted by molar-refractivity contribution is 7.85. The Morgan fingerprint density at radius 1 is 1.31 bits per heavy atom. The molecule has 0 aliphatic heterocycles. The minimum atomic E-state index is -3.40. The summed E-state index contributed by atoms with van der Waals surface area (Å²) in [5, 5.41) is 0.636. The average molecular weight is 265 g/mol. The van der Waals surface area contributed by atoms with Gasteiger partial charge in [-0.1, -0.05) is 11.6 Å². The van der Waals surface area contributed by atoms with E-state index in [1.165, 1.54) is 0 Å². The summed E-state index contributed by atoms with van der Waals surface area (Å²) in [5.74, 6) is 0.668. The van der Waals surface area contributed by atoms with Gasteiger partial charge in [0.05, 0.1) is 6.26 Å². The summed E-state index contributed by atoms with van der Waals surface area (Å²) in [4.78, 5) is 0. The third-order valence-electron chi connectivity index (χ3n) is 1.78. The molecule has 1 aromatic carbocycles. The van der Waals surface area contributed by atoms with Crippen molar-refractivity contribution in [3.8, 4) is 5.75 Å². The van der Waals surface area contributed by atoms with E-state index < -0.39 is 10.1 Å². The lowest BCUT2D eigenvalue weighted by Gasteiger charge is -2.08. The Kier molecular flexibility index (Phi) is 4.58. The van der Waals surface area contributed by atoms with E-state index in [0.29, 0.717) is 10.8 Å². The number of halogens is 1. The predicted octanol–water partition coefficient (Wildman–Crippen LogP) is 2.00. The van der Waals surface area contributed by atoms with Crippen LogP contribution in [0.15, 0.2) is 18.2 Å². The second-order valence-corrected chi connectivity index (χ2v) is 5.36. The van der Waals surface area contributed by atoms with Crippen LogP contribution in [0.4, 0.5) is 0 Å². The van der Waals surface area contributed by atoms with Crippen LogP contribution in [0.1, 0.15) is 5.56 Å². The maximum atomic E-state index is 10.7. The van der Waals surface area contributed by atoms with Crippen molar-refractivity contribution in [3.63, 3.8) is 0 Å². The van der Waals surface area contributed by atoms with Crippen molar-refractivity contribution in [1.82, 2.24) is 0 Å². The highest BCUT2D eigenvalue weighted by Gasteiger charge is 2.03. The van der Waals surface area contributed by atoms with Crippen LogP contribution in [0.3, 0.4) is 0 Å². The summed E-state index contributed by atoms with van der Waals surface area (Å²) in [6, 6.07) is 5.22. The van der Waals surface area contributed by atoms with E-state index in [1.807, 2.05) is 6.92 Å². The fourth-order valence-corrected chi connectivity index (χ4v) is 1.71. The maximum absolute atomic E-state index is 10.7. The molecule has 0 heterocycles. The molecule has 0 saturated carbocycles. The second kappa shape index (κ2) is 5.52. The first-order valence-corrected chi connectivity index (χ1v) is 6.81. The smallest absolute Gasteiger partial charge is 0.264 e. The van der Waals surface area contributed by atoms with Crippen molar-refractivity contribution in [2.45, 2.75) is 6.92 Å². The standard InChI is InChI=1S/C10H13ClO4S/c1-8-7-9(11)3-4-10(8)14-5-6-15-16(2,12)13/h3-4,7H,5-6H2,1-2H3. The Bertz CT molecular complexity index is 456. The molecule has 16 heavy (non-hydrogen) atoms. The Morgan fingerprint density at radius 3 is 2.56 bits per heavy atom. The predicted molar refractivity (Wildman–Crippen MR) is 62.5 cm³/mol. The van der Waals surface area contributed by atoms with Crippen molar-refractivity contribution < 1.29 is 17.3 Å². The molecular weight excluding hydrogens is 252 g/mol. The molecule has 0 aromatic heterocycles. The third-order valence-corrected chi connectivity index (χ3v) is 2.61. The molecule has 0 aliphatic rings. The molecule has 0 radical (unpaired) electrons. The van der Waals surface area contributed by atoms with Crippen molar-refractivity contribution in [3.05, 3.63) is 28.8 Å². The summed E-state index contributed by atoms with van der Waals surface area (Å²) >= 11 is 5.78. The molecule has 0 atom stereocenters. The normalized spacial score (nSPS) is 11.4. The van der Waals surface area contributed by atoms with E-state index in [1.54, 1.807) is 18.2 Å². The Hall–Kier alpha value is -0.780. The SMILES string of the molecule is Cc1cc(Cl)ccc1OCCOS(C)(=O)=O. The molecule has 6 heteroatoms. The lowest BCUT2D eigenvalue weighted by molar-refractivity contribution is 0.221. The first kappa shape index (κ1) is 13.3. The van der Waals surface area contributed by atoms with E-state index in [-0.39, 0.29) is 13.2 Å². The van der Waals surface area contributed by atoms with Gasteiger partial charge in [0.25, 0.3) is 10.1 Å². The monoisotopic (exact) mass is 264 g/mol. The third kappa shape index (κ3) is 4.83. The Labute approximate surface area is 100 Å². The fourth-order valence-electron chi connectivity index (χ4n) is 1.11. The van der Waals surface area contributed by atoms with Crippen LogP contribution in [0.5, 0.6) is 5.75 Å². The fraction of sp³-hybridized carbons (Fsp3) is 0.400. The van der Waals surface area contributed by atoms with Crippen LogP contribution in [-0.2, 0) is 14.3 Å². The molecule has 0 aliphatic carbocycles. The maximum Gasteiger partial charge on any atom is 0.264 e. The summed E-state index contributed by atoms with van der Waals surface area (Å²) in [6.45, 7) is 2.04. The van der Waals surface area contributed by atoms with Crippen LogP contribution in [0, 0.1) is 6.92 Å². The van der Waals surface area contributed by atoms with E-state index in [0.717, 1.165) is 11.8 Å². The zero-order valence-electron chi connectivity index (χ0n) is 9.07. The van der Waals surface area contributed by atoms with Gasteiger partial charge in [0, 0.05) is 5.02 Å². The molecule has 0 fully saturated rings. The van der Waals surface area contributed by atoms with Gasteiger partial charge in [-0.3, -0.25) is 4.18 Å². The number of aryl methyl sites for hydroxylation is 1. The minimum absolute atomic E-state index is 0.000893. The topological polar surface area (TPSA) is 52.6 Å². The van der Waals surface area contributed by atoms with E-state index in [9.17, 15) is 8.42 Å². The molecule has 0 N–H and O–H groups in total. The van der Waals surface area contributed by atoms with Crippen LogP contribution in [0.25, 0.3) is 0 Å². The van der Waals surface area contributed by atoms with Gasteiger partial charge in [0.15, 0.2) is 0 Å². The highest BCUT2D eigenvalue weighted by Crippen LogP contribution is 2.21. The Balaban J connectivity index is 2.43. The number of benzene rings is 1. The van der Waals surface area contributed by atoms with Crippen LogP contribution >= 0.6 is 11.6 Å². The van der Waals surface area contributed by atoms with Crippen molar-refractivity contribution in [2.24, 2.45) is 0 Å². The molecule has 1 rings (SSSR count).